The molecule has 0 fully saturated rings. The average Bonchev–Trinajstić information content (AvgIpc) is 0.722. The van der Waals surface area contributed by atoms with Crippen molar-refractivity contribution in [1.29, 1.82) is 0 Å². The molecule has 0 unspecified atom stereocenters. The molecule has 0 aromatic carbocycles. The fraction of sp³-hybridized carbons (Fsp3) is 0. The Balaban J connectivity index is -0.00000000222. The first-order chi connectivity index (χ1) is 2.00. The van der Waals surface area contributed by atoms with Crippen molar-refractivity contribution in [3.8, 4) is 0 Å². The van der Waals surface area contributed by atoms with E-state index in [4.69, 9.17) is 17.5 Å². The number of rotatable bonds is 0. The third-order valence-corrected chi connectivity index (χ3v) is 0. The van der Waals surface area contributed by atoms with Crippen molar-refractivity contribution >= 4 is 10.4 Å². The minimum atomic E-state index is -4.67. The van der Waals surface area contributed by atoms with Crippen molar-refractivity contribution in [3.05, 3.63) is 0 Å². The third kappa shape index (κ3) is 2200. The van der Waals surface area contributed by atoms with Crippen LogP contribution in [0, 0.1) is 41.3 Å². The maximum Gasteiger partial charge on any atom is 0.394 e. The molecule has 0 bridgehead atoms. The largest absolute Gasteiger partial charge is 0.412 e. The smallest absolute Gasteiger partial charge is 0.394 e. The molecule has 0 atom stereocenters. The summed E-state index contributed by atoms with van der Waals surface area (Å²) in [4.78, 5) is 0. The number of hydrogen-bond acceptors (Lipinski definition) is 2. The van der Waals surface area contributed by atoms with Gasteiger partial charge in [-0.25, -0.2) is 0 Å². The van der Waals surface area contributed by atoms with E-state index in [1.807, 2.05) is 0 Å². The van der Waals surface area contributed by atoms with Gasteiger partial charge in [0, 0.05) is 41.3 Å². The molecule has 0 aromatic rings. The minimum Gasteiger partial charge on any atom is -0.412 e. The van der Waals surface area contributed by atoms with Crippen LogP contribution in [-0.2, 0) is 10.4 Å². The van der Waals surface area contributed by atoms with Crippen molar-refractivity contribution in [2.24, 2.45) is 0 Å². The Morgan fingerprint density at radius 2 is 0.571 bits per heavy atom. The topological polar surface area (TPSA) is 327 Å². The number of hydrogen-bond donors (Lipinski definition) is 2. The Bertz CT molecular complexity index is 93.5. The Morgan fingerprint density at radius 1 is 0.571 bits per heavy atom. The molecule has 0 heterocycles. The Hall–Kier alpha value is 0.914. The van der Waals surface area contributed by atoms with Gasteiger partial charge in [-0.15, -0.1) is 0 Å². The summed E-state index contributed by atoms with van der Waals surface area (Å²) in [5.74, 6) is 0. The van der Waals surface area contributed by atoms with Crippen LogP contribution in [0.5, 0.6) is 0 Å². The van der Waals surface area contributed by atoms with E-state index >= 15 is 0 Å². The molecule has 14 heteroatoms. The summed E-state index contributed by atoms with van der Waals surface area (Å²) in [5.41, 5.74) is 0. The summed E-state index contributed by atoms with van der Waals surface area (Å²) in [6.45, 7) is 0. The second-order valence-electron chi connectivity index (χ2n) is 0.448. The Morgan fingerprint density at radius 3 is 0.571 bits per heavy atom. The van der Waals surface area contributed by atoms with Crippen molar-refractivity contribution in [1.82, 2.24) is 0 Å². The maximum absolute atomic E-state index is 8.74. The van der Waals surface area contributed by atoms with E-state index in [1.165, 1.54) is 0 Å². The molecule has 99 valence electrons. The van der Waals surface area contributed by atoms with Crippen LogP contribution < -0.4 is 0 Å². The van der Waals surface area contributed by atoms with E-state index in [0.717, 1.165) is 0 Å². The molecule has 0 aliphatic carbocycles. The van der Waals surface area contributed by atoms with Crippen LogP contribution in [0.4, 0.5) is 0 Å². The van der Waals surface area contributed by atoms with E-state index in [1.54, 1.807) is 0 Å². The fourth-order valence-corrected chi connectivity index (χ4v) is 0. The molecule has 12 nitrogen and oxygen atoms in total. The van der Waals surface area contributed by atoms with Gasteiger partial charge in [-0.2, -0.15) is 8.42 Å². The molecule has 0 amide bonds. The molecule has 0 spiro atoms. The van der Waals surface area contributed by atoms with Crippen LogP contribution in [0.15, 0.2) is 0 Å². The van der Waals surface area contributed by atoms with Gasteiger partial charge in [0.1, 0.15) is 0 Å². The van der Waals surface area contributed by atoms with Gasteiger partial charge in [0.15, 0.2) is 0 Å². The minimum absolute atomic E-state index is 0. The molecule has 0 saturated carbocycles. The van der Waals surface area contributed by atoms with Crippen molar-refractivity contribution in [3.63, 3.8) is 0 Å². The molecule has 0 aliphatic rings. The van der Waals surface area contributed by atoms with E-state index in [0.29, 0.717) is 0 Å². The van der Waals surface area contributed by atoms with Crippen molar-refractivity contribution in [2.75, 3.05) is 0 Å². The summed E-state index contributed by atoms with van der Waals surface area (Å²) in [6.07, 6.45) is 0. The summed E-state index contributed by atoms with van der Waals surface area (Å²) in [6, 6.07) is 0. The summed E-state index contributed by atoms with van der Waals surface area (Å²) in [7, 11) is -4.67. The first-order valence-corrected chi connectivity index (χ1v) is 2.10. The van der Waals surface area contributed by atoms with Crippen molar-refractivity contribution in [2.45, 2.75) is 0 Å². The summed E-state index contributed by atoms with van der Waals surface area (Å²) < 4.78 is 31.6. The third-order valence-electron chi connectivity index (χ3n) is 0. The average molecular weight is 383 g/mol. The first-order valence-electron chi connectivity index (χ1n) is 0.698. The molecule has 14 heavy (non-hydrogen) atoms. The Labute approximate surface area is 112 Å². The summed E-state index contributed by atoms with van der Waals surface area (Å²) in [5, 5.41) is 0. The van der Waals surface area contributed by atoms with E-state index < -0.39 is 10.4 Å². The van der Waals surface area contributed by atoms with Gasteiger partial charge in [-0.3, -0.25) is 9.11 Å². The van der Waals surface area contributed by atoms with Gasteiger partial charge >= 0.3 is 10.4 Å². The second-order valence-corrected chi connectivity index (χ2v) is 1.34. The molecular weight excluding hydrogens is 365 g/mol. The zero-order chi connectivity index (χ0) is 4.50. The zero-order valence-electron chi connectivity index (χ0n) is 6.70. The molecule has 18 N–H and O–H groups in total. The molecule has 0 aromatic heterocycles. The molecule has 0 rings (SSSR count). The maximum atomic E-state index is 8.74. The molecule has 0 aliphatic heterocycles. The van der Waals surface area contributed by atoms with E-state index in [2.05, 4.69) is 0 Å². The van der Waals surface area contributed by atoms with Gasteiger partial charge in [0.2, 0.25) is 0 Å². The van der Waals surface area contributed by atoms with Crippen LogP contribution in [0.1, 0.15) is 0 Å². The van der Waals surface area contributed by atoms with Crippen molar-refractivity contribution < 1.29 is 103 Å². The zero-order valence-corrected chi connectivity index (χ0v) is 11.2. The van der Waals surface area contributed by atoms with Gasteiger partial charge in [-0.1, -0.05) is 0 Å². The quantitative estimate of drug-likeness (QED) is 0.384. The normalized spacial score (nSPS) is 4.14. The van der Waals surface area contributed by atoms with Crippen LogP contribution >= 0.6 is 0 Å². The van der Waals surface area contributed by atoms with Gasteiger partial charge in [0.25, 0.3) is 0 Å². The van der Waals surface area contributed by atoms with Gasteiger partial charge < -0.3 is 43.8 Å². The first kappa shape index (κ1) is 120. The van der Waals surface area contributed by atoms with Gasteiger partial charge in [0.05, 0.1) is 0 Å². The van der Waals surface area contributed by atoms with Crippen LogP contribution in [0.3, 0.4) is 0 Å². The second kappa shape index (κ2) is 48.5. The van der Waals surface area contributed by atoms with E-state index in [9.17, 15) is 0 Å². The predicted molar refractivity (Wildman–Crippen MR) is 43.1 cm³/mol. The van der Waals surface area contributed by atoms with Gasteiger partial charge in [-0.05, 0) is 0 Å². The summed E-state index contributed by atoms with van der Waals surface area (Å²) >= 11 is 0. The van der Waals surface area contributed by atoms with Crippen LogP contribution in [0.25, 0.3) is 0 Å². The monoisotopic (exact) mass is 383 g/mol. The SMILES string of the molecule is O.O.O.O.O.O.O.O.O=S(=O)(O)O.[Pr]. The fourth-order valence-electron chi connectivity index (χ4n) is 0. The Kier molecular flexibility index (Phi) is 415. The molecule has 1 radical (unpaired) electrons. The van der Waals surface area contributed by atoms with E-state index in [-0.39, 0.29) is 85.1 Å². The predicted octanol–water partition coefficient (Wildman–Crippen LogP) is -7.25. The standard InChI is InChI=1S/H2O4S.8H2O.Pr/c1-5(2,3)4;;;;;;;;;/h(H2,1,2,3,4);8*1H2;. The molecule has 0 saturated heterocycles. The van der Waals surface area contributed by atoms with Crippen LogP contribution in [0.2, 0.25) is 0 Å². The van der Waals surface area contributed by atoms with Crippen LogP contribution in [-0.4, -0.2) is 61.3 Å². The molecular formula is H18O12PrS.